The summed E-state index contributed by atoms with van der Waals surface area (Å²) in [5.41, 5.74) is 2.06. The van der Waals surface area contributed by atoms with Crippen LogP contribution in [0.4, 0.5) is 5.69 Å². The minimum Gasteiger partial charge on any atom is -0.497 e. The van der Waals surface area contributed by atoms with Crippen LogP contribution in [0.3, 0.4) is 0 Å². The molecule has 10 heteroatoms. The highest BCUT2D eigenvalue weighted by Gasteiger charge is 2.33. The average molecular weight is 596 g/mol. The first-order valence-corrected chi connectivity index (χ1v) is 15.4. The van der Waals surface area contributed by atoms with Gasteiger partial charge in [0.2, 0.25) is 11.8 Å². The molecule has 42 heavy (non-hydrogen) atoms. The highest BCUT2D eigenvalue weighted by Crippen LogP contribution is 2.26. The first-order valence-electron chi connectivity index (χ1n) is 13.9. The average Bonchev–Trinajstić information content (AvgIpc) is 2.99. The molecule has 3 rings (SSSR count). The topological polar surface area (TPSA) is 105 Å². The second-order valence-electron chi connectivity index (χ2n) is 10.5. The van der Waals surface area contributed by atoms with Gasteiger partial charge in [0.05, 0.1) is 24.8 Å². The van der Waals surface area contributed by atoms with Crippen LogP contribution in [-0.4, -0.2) is 58.5 Å². The van der Waals surface area contributed by atoms with Crippen LogP contribution in [0.15, 0.2) is 77.7 Å². The van der Waals surface area contributed by atoms with Gasteiger partial charge in [-0.3, -0.25) is 13.9 Å². The number of carbonyl (C=O) groups excluding carboxylic acids is 2. The molecule has 1 atom stereocenters. The predicted molar refractivity (Wildman–Crippen MR) is 164 cm³/mol. The summed E-state index contributed by atoms with van der Waals surface area (Å²) in [4.78, 5) is 28.9. The number of aryl methyl sites for hydroxylation is 1. The maximum absolute atomic E-state index is 14.1. The number of sulfonamides is 1. The Hall–Kier alpha value is -4.05. The normalized spacial score (nSPS) is 12.0. The maximum Gasteiger partial charge on any atom is 0.264 e. The number of nitrogens with one attached hydrogen (secondary N) is 1. The molecule has 0 heterocycles. The van der Waals surface area contributed by atoms with Crippen LogP contribution < -0.4 is 19.1 Å². The Morgan fingerprint density at radius 1 is 0.857 bits per heavy atom. The Bertz CT molecular complexity index is 1420. The second kappa shape index (κ2) is 14.7. The van der Waals surface area contributed by atoms with E-state index in [1.165, 1.54) is 24.1 Å². The van der Waals surface area contributed by atoms with Gasteiger partial charge >= 0.3 is 0 Å². The van der Waals surface area contributed by atoms with Gasteiger partial charge < -0.3 is 19.7 Å². The predicted octanol–water partition coefficient (Wildman–Crippen LogP) is 4.79. The SMILES string of the molecule is CC[C@@H](C(=O)NCC(C)C)N(Cc1ccc(OC)cc1)C(=O)CN(c1ccc(C)cc1)S(=O)(=O)c1ccc(OC)cc1. The maximum atomic E-state index is 14.1. The molecule has 0 aliphatic rings. The van der Waals surface area contributed by atoms with E-state index in [9.17, 15) is 18.0 Å². The Balaban J connectivity index is 2.04. The molecular weight excluding hydrogens is 554 g/mol. The molecule has 0 aliphatic heterocycles. The van der Waals surface area contributed by atoms with Gasteiger partial charge in [0.25, 0.3) is 10.0 Å². The minimum atomic E-state index is -4.16. The minimum absolute atomic E-state index is 0.0140. The van der Waals surface area contributed by atoms with Crippen molar-refractivity contribution in [1.29, 1.82) is 0 Å². The number of hydrogen-bond acceptors (Lipinski definition) is 6. The van der Waals surface area contributed by atoms with Crippen molar-refractivity contribution < 1.29 is 27.5 Å². The molecule has 0 aliphatic carbocycles. The smallest absolute Gasteiger partial charge is 0.264 e. The van der Waals surface area contributed by atoms with Crippen molar-refractivity contribution in [3.63, 3.8) is 0 Å². The van der Waals surface area contributed by atoms with E-state index in [4.69, 9.17) is 9.47 Å². The van der Waals surface area contributed by atoms with Crippen molar-refractivity contribution in [2.24, 2.45) is 5.92 Å². The van der Waals surface area contributed by atoms with Crippen molar-refractivity contribution >= 4 is 27.5 Å². The van der Waals surface area contributed by atoms with Gasteiger partial charge in [0, 0.05) is 13.1 Å². The number of rotatable bonds is 14. The molecule has 3 aromatic carbocycles. The fourth-order valence-corrected chi connectivity index (χ4v) is 5.80. The van der Waals surface area contributed by atoms with Crippen LogP contribution in [0.1, 0.15) is 38.3 Å². The van der Waals surface area contributed by atoms with Gasteiger partial charge in [-0.2, -0.15) is 0 Å². The van der Waals surface area contributed by atoms with Crippen molar-refractivity contribution in [3.8, 4) is 11.5 Å². The molecule has 0 aromatic heterocycles. The van der Waals surface area contributed by atoms with E-state index < -0.39 is 28.5 Å². The summed E-state index contributed by atoms with van der Waals surface area (Å²) < 4.78 is 39.5. The number of amides is 2. The molecule has 9 nitrogen and oxygen atoms in total. The number of methoxy groups -OCH3 is 2. The number of nitrogens with zero attached hydrogens (tertiary/aromatic N) is 2. The quantitative estimate of drug-likeness (QED) is 0.288. The van der Waals surface area contributed by atoms with Crippen LogP contribution in [0.5, 0.6) is 11.5 Å². The van der Waals surface area contributed by atoms with Crippen LogP contribution in [0.2, 0.25) is 0 Å². The lowest BCUT2D eigenvalue weighted by Gasteiger charge is -2.33. The largest absolute Gasteiger partial charge is 0.497 e. The summed E-state index contributed by atoms with van der Waals surface area (Å²) in [6.45, 7) is 7.79. The summed E-state index contributed by atoms with van der Waals surface area (Å²) in [5.74, 6) is 0.608. The molecule has 3 aromatic rings. The summed E-state index contributed by atoms with van der Waals surface area (Å²) in [6, 6.07) is 19.3. The summed E-state index contributed by atoms with van der Waals surface area (Å²) >= 11 is 0. The van der Waals surface area contributed by atoms with Gasteiger partial charge in [0.15, 0.2) is 0 Å². The van der Waals surface area contributed by atoms with E-state index in [-0.39, 0.29) is 23.3 Å². The molecule has 226 valence electrons. The van der Waals surface area contributed by atoms with Gasteiger partial charge in [0.1, 0.15) is 24.1 Å². The third-order valence-electron chi connectivity index (χ3n) is 6.83. The number of hydrogen-bond donors (Lipinski definition) is 1. The van der Waals surface area contributed by atoms with E-state index in [2.05, 4.69) is 5.32 Å². The fourth-order valence-electron chi connectivity index (χ4n) is 4.38. The Kier molecular flexibility index (Phi) is 11.4. The number of carbonyl (C=O) groups is 2. The third-order valence-corrected chi connectivity index (χ3v) is 8.62. The zero-order chi connectivity index (χ0) is 30.9. The highest BCUT2D eigenvalue weighted by atomic mass is 32.2. The number of anilines is 1. The summed E-state index contributed by atoms with van der Waals surface area (Å²) in [5, 5.41) is 2.93. The summed E-state index contributed by atoms with van der Waals surface area (Å²) in [6.07, 6.45) is 0.349. The van der Waals surface area contributed by atoms with Crippen LogP contribution >= 0.6 is 0 Å². The first kappa shape index (κ1) is 32.5. The molecule has 2 amide bonds. The third kappa shape index (κ3) is 8.25. The van der Waals surface area contributed by atoms with Gasteiger partial charge in [-0.05, 0) is 73.4 Å². The van der Waals surface area contributed by atoms with Crippen molar-refractivity contribution in [2.75, 3.05) is 31.6 Å². The van der Waals surface area contributed by atoms with Gasteiger partial charge in [-0.1, -0.05) is 50.6 Å². The second-order valence-corrected chi connectivity index (χ2v) is 12.3. The molecular formula is C32H41N3O6S. The lowest BCUT2D eigenvalue weighted by atomic mass is 10.1. The first-order chi connectivity index (χ1) is 20.0. The lowest BCUT2D eigenvalue weighted by Crippen LogP contribution is -2.52. The number of benzene rings is 3. The van der Waals surface area contributed by atoms with Crippen LogP contribution in [-0.2, 0) is 26.2 Å². The molecule has 0 radical (unpaired) electrons. The molecule has 0 unspecified atom stereocenters. The Morgan fingerprint density at radius 3 is 1.90 bits per heavy atom. The van der Waals surface area contributed by atoms with Gasteiger partial charge in [-0.15, -0.1) is 0 Å². The Labute approximate surface area is 249 Å². The molecule has 0 spiro atoms. The Morgan fingerprint density at radius 2 is 1.40 bits per heavy atom. The zero-order valence-corrected chi connectivity index (χ0v) is 26.0. The summed E-state index contributed by atoms with van der Waals surface area (Å²) in [7, 11) is -1.09. The van der Waals surface area contributed by atoms with E-state index in [1.807, 2.05) is 39.8 Å². The number of ether oxygens (including phenoxy) is 2. The monoisotopic (exact) mass is 595 g/mol. The van der Waals surface area contributed by atoms with Crippen molar-refractivity contribution in [1.82, 2.24) is 10.2 Å². The van der Waals surface area contributed by atoms with E-state index >= 15 is 0 Å². The van der Waals surface area contributed by atoms with Crippen molar-refractivity contribution in [3.05, 3.63) is 83.9 Å². The van der Waals surface area contributed by atoms with Crippen LogP contribution in [0.25, 0.3) is 0 Å². The molecule has 0 fully saturated rings. The van der Waals surface area contributed by atoms with E-state index in [0.717, 1.165) is 15.4 Å². The molecule has 0 saturated carbocycles. The highest BCUT2D eigenvalue weighted by molar-refractivity contribution is 7.92. The lowest BCUT2D eigenvalue weighted by molar-refractivity contribution is -0.140. The molecule has 1 N–H and O–H groups in total. The molecule has 0 bridgehead atoms. The fraction of sp³-hybridized carbons (Fsp3) is 0.375. The van der Waals surface area contributed by atoms with E-state index in [0.29, 0.717) is 30.2 Å². The van der Waals surface area contributed by atoms with E-state index in [1.54, 1.807) is 55.6 Å². The molecule has 0 saturated heterocycles. The van der Waals surface area contributed by atoms with Crippen molar-refractivity contribution in [2.45, 2.75) is 51.6 Å². The van der Waals surface area contributed by atoms with Crippen LogP contribution in [0, 0.1) is 12.8 Å². The van der Waals surface area contributed by atoms with Gasteiger partial charge in [-0.25, -0.2) is 8.42 Å². The zero-order valence-electron chi connectivity index (χ0n) is 25.2. The standard InChI is InChI=1S/C32H41N3O6S/c1-7-30(32(37)33-20-23(2)3)34(21-25-10-14-27(40-5)15-11-25)31(36)22-35(26-12-8-24(4)9-13-26)42(38,39)29-18-16-28(41-6)17-19-29/h8-19,23,30H,7,20-22H2,1-6H3,(H,33,37)/t30-/m0/s1.